The van der Waals surface area contributed by atoms with Gasteiger partial charge in [-0.1, -0.05) is 29.8 Å². The average molecular weight is 295 g/mol. The van der Waals surface area contributed by atoms with Gasteiger partial charge >= 0.3 is 6.09 Å². The van der Waals surface area contributed by atoms with Crippen LogP contribution in [0.4, 0.5) is 4.79 Å². The summed E-state index contributed by atoms with van der Waals surface area (Å²) in [5.74, 6) is 0. The minimum absolute atomic E-state index is 0.0770. The van der Waals surface area contributed by atoms with Crippen molar-refractivity contribution in [3.63, 3.8) is 0 Å². The Morgan fingerprint density at radius 3 is 2.50 bits per heavy atom. The maximum Gasteiger partial charge on any atom is 0.424 e. The molecule has 0 saturated carbocycles. The molecule has 1 atom stereocenters. The van der Waals surface area contributed by atoms with Crippen molar-refractivity contribution >= 4 is 16.1 Å². The fourth-order valence-corrected chi connectivity index (χ4v) is 3.68. The fraction of sp³-hybridized carbons (Fsp3) is 0.357. The van der Waals surface area contributed by atoms with E-state index in [1.807, 2.05) is 6.92 Å². The van der Waals surface area contributed by atoms with Gasteiger partial charge in [-0.3, -0.25) is 0 Å². The number of amides is 1. The first-order valence-corrected chi connectivity index (χ1v) is 7.71. The van der Waals surface area contributed by atoms with Gasteiger partial charge in [-0.15, -0.1) is 0 Å². The maximum atomic E-state index is 12.6. The first-order chi connectivity index (χ1) is 9.34. The van der Waals surface area contributed by atoms with Gasteiger partial charge in [-0.05, 0) is 26.0 Å². The topological polar surface area (TPSA) is 63.7 Å². The first kappa shape index (κ1) is 14.6. The van der Waals surface area contributed by atoms with Gasteiger partial charge in [0.1, 0.15) is 0 Å². The van der Waals surface area contributed by atoms with Gasteiger partial charge in [0, 0.05) is 6.42 Å². The lowest BCUT2D eigenvalue weighted by molar-refractivity contribution is 0.0864. The van der Waals surface area contributed by atoms with Crippen LogP contribution in [-0.2, 0) is 14.8 Å². The molecule has 0 spiro atoms. The van der Waals surface area contributed by atoms with E-state index in [0.717, 1.165) is 9.87 Å². The van der Waals surface area contributed by atoms with E-state index >= 15 is 0 Å². The van der Waals surface area contributed by atoms with Gasteiger partial charge in [0.05, 0.1) is 17.5 Å². The summed E-state index contributed by atoms with van der Waals surface area (Å²) in [6.45, 7) is 7.55. The number of ether oxygens (including phenoxy) is 1. The Morgan fingerprint density at radius 2 is 1.95 bits per heavy atom. The van der Waals surface area contributed by atoms with E-state index < -0.39 is 22.2 Å². The lowest BCUT2D eigenvalue weighted by Gasteiger charge is -2.34. The largest absolute Gasteiger partial charge is 0.449 e. The third-order valence-corrected chi connectivity index (χ3v) is 5.02. The number of aryl methyl sites for hydroxylation is 1. The van der Waals surface area contributed by atoms with Gasteiger partial charge in [0.2, 0.25) is 0 Å². The third-order valence-electron chi connectivity index (χ3n) is 3.23. The van der Waals surface area contributed by atoms with Crippen molar-refractivity contribution in [2.24, 2.45) is 0 Å². The molecule has 1 aromatic rings. The van der Waals surface area contributed by atoms with E-state index in [-0.39, 0.29) is 11.5 Å². The van der Waals surface area contributed by atoms with Crippen LogP contribution in [0.1, 0.15) is 18.9 Å². The minimum atomic E-state index is -3.92. The lowest BCUT2D eigenvalue weighted by Crippen LogP contribution is -2.49. The Balaban J connectivity index is 2.47. The molecule has 1 amide bonds. The van der Waals surface area contributed by atoms with Gasteiger partial charge in [0.15, 0.2) is 0 Å². The third kappa shape index (κ3) is 2.56. The second kappa shape index (κ2) is 5.28. The summed E-state index contributed by atoms with van der Waals surface area (Å²) in [6.07, 6.45) is -0.420. The number of nitrogens with zero attached hydrogens (tertiary/aromatic N) is 1. The van der Waals surface area contributed by atoms with Crippen molar-refractivity contribution in [3.05, 3.63) is 42.0 Å². The van der Waals surface area contributed by atoms with Crippen LogP contribution in [0.15, 0.2) is 41.3 Å². The van der Waals surface area contributed by atoms with Crippen LogP contribution in [-0.4, -0.2) is 31.5 Å². The van der Waals surface area contributed by atoms with Crippen molar-refractivity contribution in [2.45, 2.75) is 31.2 Å². The van der Waals surface area contributed by atoms with Gasteiger partial charge < -0.3 is 4.74 Å². The van der Waals surface area contributed by atoms with E-state index in [2.05, 4.69) is 6.58 Å². The summed E-state index contributed by atoms with van der Waals surface area (Å²) in [7, 11) is -3.92. The summed E-state index contributed by atoms with van der Waals surface area (Å²) >= 11 is 0. The van der Waals surface area contributed by atoms with E-state index in [0.29, 0.717) is 12.0 Å². The van der Waals surface area contributed by atoms with Crippen LogP contribution in [0.5, 0.6) is 0 Å². The molecule has 1 aliphatic rings. The molecule has 1 aliphatic heterocycles. The summed E-state index contributed by atoms with van der Waals surface area (Å²) in [6, 6.07) is 5.81. The summed E-state index contributed by atoms with van der Waals surface area (Å²) in [5, 5.41) is 0. The van der Waals surface area contributed by atoms with Gasteiger partial charge in [-0.25, -0.2) is 13.2 Å². The smallest absolute Gasteiger partial charge is 0.424 e. The van der Waals surface area contributed by atoms with Crippen molar-refractivity contribution in [2.75, 3.05) is 6.61 Å². The molecule has 1 heterocycles. The predicted octanol–water partition coefficient (Wildman–Crippen LogP) is 2.47. The molecule has 0 aliphatic carbocycles. The zero-order valence-corrected chi connectivity index (χ0v) is 12.3. The van der Waals surface area contributed by atoms with Gasteiger partial charge in [0.25, 0.3) is 10.0 Å². The molecule has 0 bridgehead atoms. The molecule has 1 fully saturated rings. The average Bonchev–Trinajstić information content (AvgIpc) is 2.38. The molecule has 20 heavy (non-hydrogen) atoms. The maximum absolute atomic E-state index is 12.6. The number of carbonyl (C=O) groups is 1. The SMILES string of the molecule is C=C(C)C1CCOC(=O)N1S(=O)(=O)c1ccc(C)cc1. The highest BCUT2D eigenvalue weighted by atomic mass is 32.2. The van der Waals surface area contributed by atoms with Crippen LogP contribution in [0.3, 0.4) is 0 Å². The standard InChI is InChI=1S/C14H17NO4S/c1-10(2)13-8-9-19-14(16)15(13)20(17,18)12-6-4-11(3)5-7-12/h4-7,13H,1,8-9H2,2-3H3. The highest BCUT2D eigenvalue weighted by molar-refractivity contribution is 7.89. The Bertz CT molecular complexity index is 634. The van der Waals surface area contributed by atoms with Gasteiger partial charge in [-0.2, -0.15) is 4.31 Å². The Labute approximate surface area is 118 Å². The van der Waals surface area contributed by atoms with Crippen LogP contribution in [0.2, 0.25) is 0 Å². The molecular formula is C14H17NO4S. The zero-order valence-electron chi connectivity index (χ0n) is 11.5. The Morgan fingerprint density at radius 1 is 1.35 bits per heavy atom. The number of sulfonamides is 1. The monoisotopic (exact) mass is 295 g/mol. The summed E-state index contributed by atoms with van der Waals surface area (Å²) in [4.78, 5) is 12.0. The van der Waals surface area contributed by atoms with E-state index in [9.17, 15) is 13.2 Å². The quantitative estimate of drug-likeness (QED) is 0.804. The minimum Gasteiger partial charge on any atom is -0.449 e. The molecule has 2 rings (SSSR count). The van der Waals surface area contributed by atoms with Crippen molar-refractivity contribution in [1.82, 2.24) is 4.31 Å². The molecule has 1 saturated heterocycles. The first-order valence-electron chi connectivity index (χ1n) is 6.27. The lowest BCUT2D eigenvalue weighted by atomic mass is 10.1. The molecule has 0 N–H and O–H groups in total. The highest BCUT2D eigenvalue weighted by Crippen LogP contribution is 2.27. The van der Waals surface area contributed by atoms with E-state index in [1.165, 1.54) is 12.1 Å². The van der Waals surface area contributed by atoms with E-state index in [4.69, 9.17) is 4.74 Å². The van der Waals surface area contributed by atoms with Crippen molar-refractivity contribution in [1.29, 1.82) is 0 Å². The molecule has 5 nitrogen and oxygen atoms in total. The predicted molar refractivity (Wildman–Crippen MR) is 74.8 cm³/mol. The zero-order chi connectivity index (χ0) is 14.9. The second-order valence-electron chi connectivity index (χ2n) is 4.88. The molecule has 1 unspecified atom stereocenters. The fourth-order valence-electron chi connectivity index (χ4n) is 2.10. The van der Waals surface area contributed by atoms with Crippen LogP contribution < -0.4 is 0 Å². The summed E-state index contributed by atoms with van der Waals surface area (Å²) < 4.78 is 30.9. The second-order valence-corrected chi connectivity index (χ2v) is 6.69. The number of benzene rings is 1. The highest BCUT2D eigenvalue weighted by Gasteiger charge is 2.40. The van der Waals surface area contributed by atoms with Crippen molar-refractivity contribution < 1.29 is 17.9 Å². The van der Waals surface area contributed by atoms with Crippen LogP contribution >= 0.6 is 0 Å². The molecule has 108 valence electrons. The number of hydrogen-bond donors (Lipinski definition) is 0. The Kier molecular flexibility index (Phi) is 3.85. The molecule has 6 heteroatoms. The Hall–Kier alpha value is -1.82. The number of cyclic esters (lactones) is 1. The van der Waals surface area contributed by atoms with E-state index in [1.54, 1.807) is 19.1 Å². The molecule has 0 radical (unpaired) electrons. The normalized spacial score (nSPS) is 19.6. The number of hydrogen-bond acceptors (Lipinski definition) is 4. The molecular weight excluding hydrogens is 278 g/mol. The van der Waals surface area contributed by atoms with Crippen LogP contribution in [0.25, 0.3) is 0 Å². The number of carbonyl (C=O) groups excluding carboxylic acids is 1. The molecule has 0 aromatic heterocycles. The van der Waals surface area contributed by atoms with Crippen molar-refractivity contribution in [3.8, 4) is 0 Å². The molecule has 1 aromatic carbocycles. The number of rotatable bonds is 3. The van der Waals surface area contributed by atoms with Crippen LogP contribution in [0, 0.1) is 6.92 Å². The summed E-state index contributed by atoms with van der Waals surface area (Å²) in [5.41, 5.74) is 1.57.